The fraction of sp³-hybridized carbons (Fsp3) is 0.550. The highest BCUT2D eigenvalue weighted by Gasteiger charge is 2.30. The molecule has 0 aliphatic rings. The minimum atomic E-state index is -4.46. The van der Waals surface area contributed by atoms with E-state index in [2.05, 4.69) is 16.0 Å². The Hall–Kier alpha value is -2.62. The third-order valence-electron chi connectivity index (χ3n) is 4.41. The van der Waals surface area contributed by atoms with Crippen LogP contribution in [0.4, 0.5) is 13.2 Å². The summed E-state index contributed by atoms with van der Waals surface area (Å²) in [5, 5.41) is 7.80. The van der Waals surface area contributed by atoms with Crippen LogP contribution in [0.5, 0.6) is 0 Å². The van der Waals surface area contributed by atoms with Crippen LogP contribution in [0.2, 0.25) is 0 Å². The normalized spacial score (nSPS) is 13.3. The van der Waals surface area contributed by atoms with Crippen LogP contribution >= 0.6 is 0 Å². The second-order valence-corrected chi connectivity index (χ2v) is 6.97. The molecule has 0 heterocycles. The minimum absolute atomic E-state index is 0.0935. The second kappa shape index (κ2) is 12.2. The number of halogens is 3. The summed E-state index contributed by atoms with van der Waals surface area (Å²) in [6, 6.07) is 3.30. The predicted molar refractivity (Wildman–Crippen MR) is 106 cm³/mol. The summed E-state index contributed by atoms with van der Waals surface area (Å²) in [4.78, 5) is 35.4. The van der Waals surface area contributed by atoms with Crippen molar-refractivity contribution in [1.29, 1.82) is 0 Å². The van der Waals surface area contributed by atoms with Gasteiger partial charge in [0.1, 0.15) is 6.04 Å². The topological polar surface area (TPSA) is 113 Å². The van der Waals surface area contributed by atoms with Crippen molar-refractivity contribution in [2.45, 2.75) is 64.3 Å². The van der Waals surface area contributed by atoms with Gasteiger partial charge in [0.25, 0.3) is 0 Å². The largest absolute Gasteiger partial charge is 0.416 e. The number of nitrogens with two attached hydrogens (primary N) is 1. The van der Waals surface area contributed by atoms with Crippen molar-refractivity contribution in [3.63, 3.8) is 0 Å². The Balaban J connectivity index is 2.53. The first kappa shape index (κ1) is 25.4. The van der Waals surface area contributed by atoms with Crippen molar-refractivity contribution in [1.82, 2.24) is 16.0 Å². The van der Waals surface area contributed by atoms with E-state index in [0.29, 0.717) is 37.8 Å². The number of nitrogens with one attached hydrogen (secondary N) is 3. The van der Waals surface area contributed by atoms with Gasteiger partial charge in [-0.15, -0.1) is 0 Å². The summed E-state index contributed by atoms with van der Waals surface area (Å²) >= 11 is 0. The molecule has 10 heteroatoms. The van der Waals surface area contributed by atoms with Gasteiger partial charge >= 0.3 is 6.18 Å². The summed E-state index contributed by atoms with van der Waals surface area (Å²) in [6.07, 6.45) is -2.48. The lowest BCUT2D eigenvalue weighted by atomic mass is 10.1. The average Bonchev–Trinajstić information content (AvgIpc) is 2.69. The highest BCUT2D eigenvalue weighted by atomic mass is 19.4. The van der Waals surface area contributed by atoms with E-state index in [9.17, 15) is 27.6 Å². The number of benzene rings is 1. The van der Waals surface area contributed by atoms with Gasteiger partial charge in [0.2, 0.25) is 17.7 Å². The monoisotopic (exact) mass is 430 g/mol. The first-order chi connectivity index (χ1) is 14.0. The zero-order valence-corrected chi connectivity index (χ0v) is 17.1. The van der Waals surface area contributed by atoms with E-state index in [1.54, 1.807) is 6.92 Å². The second-order valence-electron chi connectivity index (χ2n) is 6.97. The van der Waals surface area contributed by atoms with Crippen LogP contribution in [-0.4, -0.2) is 36.3 Å². The molecule has 0 aliphatic heterocycles. The molecule has 3 amide bonds. The van der Waals surface area contributed by atoms with E-state index < -0.39 is 35.6 Å². The minimum Gasteiger partial charge on any atom is -0.355 e. The summed E-state index contributed by atoms with van der Waals surface area (Å²) in [7, 11) is 0. The Kier molecular flexibility index (Phi) is 10.3. The molecule has 1 aromatic carbocycles. The van der Waals surface area contributed by atoms with Gasteiger partial charge in [0.15, 0.2) is 0 Å². The highest BCUT2D eigenvalue weighted by Crippen LogP contribution is 2.29. The average molecular weight is 430 g/mol. The van der Waals surface area contributed by atoms with Gasteiger partial charge in [-0.25, -0.2) is 0 Å². The molecule has 0 aliphatic carbocycles. The van der Waals surface area contributed by atoms with Crippen molar-refractivity contribution in [3.05, 3.63) is 35.4 Å². The Morgan fingerprint density at radius 2 is 1.80 bits per heavy atom. The molecule has 0 unspecified atom stereocenters. The molecule has 0 bridgehead atoms. The first-order valence-corrected chi connectivity index (χ1v) is 9.78. The van der Waals surface area contributed by atoms with Crippen LogP contribution < -0.4 is 21.7 Å². The molecule has 0 aromatic heterocycles. The molecule has 2 atom stereocenters. The van der Waals surface area contributed by atoms with Gasteiger partial charge in [0.05, 0.1) is 11.6 Å². The number of amides is 3. The molecule has 0 saturated carbocycles. The van der Waals surface area contributed by atoms with Gasteiger partial charge in [-0.2, -0.15) is 13.2 Å². The maximum absolute atomic E-state index is 12.8. The smallest absolute Gasteiger partial charge is 0.355 e. The van der Waals surface area contributed by atoms with Crippen molar-refractivity contribution in [2.24, 2.45) is 5.73 Å². The number of carbonyl (C=O) groups excluding carboxylic acids is 3. The number of alkyl halides is 3. The molecular formula is C20H29F3N4O3. The fourth-order valence-corrected chi connectivity index (χ4v) is 2.69. The zero-order chi connectivity index (χ0) is 22.7. The first-order valence-electron chi connectivity index (χ1n) is 9.78. The van der Waals surface area contributed by atoms with Crippen molar-refractivity contribution in [2.75, 3.05) is 6.54 Å². The quantitative estimate of drug-likeness (QED) is 0.401. The molecule has 1 rings (SSSR count). The Morgan fingerprint density at radius 1 is 1.10 bits per heavy atom. The number of rotatable bonds is 11. The standard InChI is InChI=1S/C20H29F3N4O3/c1-3-16(24)18(29)25-10-5-4-9-17(27-13(2)28)19(30)26-12-14-7-6-8-15(11-14)20(21,22)23/h6-8,11,16-17H,3-5,9-10,12,24H2,1-2H3,(H,25,29)(H,26,30)(H,27,28)/t16-,17-/m1/s1. The molecular weight excluding hydrogens is 401 g/mol. The van der Waals surface area contributed by atoms with Crippen molar-refractivity contribution < 1.29 is 27.6 Å². The lowest BCUT2D eigenvalue weighted by Gasteiger charge is -2.18. The van der Waals surface area contributed by atoms with E-state index in [1.165, 1.54) is 19.1 Å². The van der Waals surface area contributed by atoms with Gasteiger partial charge in [-0.05, 0) is 43.4 Å². The van der Waals surface area contributed by atoms with E-state index in [4.69, 9.17) is 5.73 Å². The third kappa shape index (κ3) is 9.25. The lowest BCUT2D eigenvalue weighted by Crippen LogP contribution is -2.46. The molecule has 0 saturated heterocycles. The van der Waals surface area contributed by atoms with Crippen LogP contribution in [0, 0.1) is 0 Å². The molecule has 1 aromatic rings. The summed E-state index contributed by atoms with van der Waals surface area (Å²) in [5.41, 5.74) is 5.12. The number of hydrogen-bond donors (Lipinski definition) is 4. The predicted octanol–water partition coefficient (Wildman–Crippen LogP) is 1.85. The van der Waals surface area contributed by atoms with Gasteiger partial charge in [-0.1, -0.05) is 19.1 Å². The van der Waals surface area contributed by atoms with E-state index in [1.807, 2.05) is 0 Å². The van der Waals surface area contributed by atoms with Crippen molar-refractivity contribution >= 4 is 17.7 Å². The Morgan fingerprint density at radius 3 is 2.40 bits per heavy atom. The number of unbranched alkanes of at least 4 members (excludes halogenated alkanes) is 1. The highest BCUT2D eigenvalue weighted by molar-refractivity contribution is 5.86. The zero-order valence-electron chi connectivity index (χ0n) is 17.1. The van der Waals surface area contributed by atoms with Crippen LogP contribution in [-0.2, 0) is 27.1 Å². The van der Waals surface area contributed by atoms with Crippen LogP contribution in [0.3, 0.4) is 0 Å². The van der Waals surface area contributed by atoms with Crippen LogP contribution in [0.1, 0.15) is 50.7 Å². The SMILES string of the molecule is CC[C@@H](N)C(=O)NCCCC[C@@H](NC(C)=O)C(=O)NCc1cccc(C(F)(F)F)c1. The molecule has 168 valence electrons. The molecule has 5 N–H and O–H groups in total. The van der Waals surface area contributed by atoms with Crippen LogP contribution in [0.25, 0.3) is 0 Å². The van der Waals surface area contributed by atoms with Crippen LogP contribution in [0.15, 0.2) is 24.3 Å². The number of carbonyl (C=O) groups is 3. The summed E-state index contributed by atoms with van der Waals surface area (Å²) in [5.74, 6) is -1.12. The molecule has 30 heavy (non-hydrogen) atoms. The molecule has 0 radical (unpaired) electrons. The maximum atomic E-state index is 12.8. The molecule has 0 fully saturated rings. The summed E-state index contributed by atoms with van der Waals surface area (Å²) in [6.45, 7) is 3.38. The van der Waals surface area contributed by atoms with E-state index in [0.717, 1.165) is 12.1 Å². The summed E-state index contributed by atoms with van der Waals surface area (Å²) < 4.78 is 38.4. The third-order valence-corrected chi connectivity index (χ3v) is 4.41. The van der Waals surface area contributed by atoms with Gasteiger partial charge < -0.3 is 21.7 Å². The Bertz CT molecular complexity index is 725. The number of hydrogen-bond acceptors (Lipinski definition) is 4. The lowest BCUT2D eigenvalue weighted by molar-refractivity contribution is -0.137. The van der Waals surface area contributed by atoms with E-state index in [-0.39, 0.29) is 12.5 Å². The molecule has 7 nitrogen and oxygen atoms in total. The molecule has 0 spiro atoms. The van der Waals surface area contributed by atoms with Crippen molar-refractivity contribution in [3.8, 4) is 0 Å². The van der Waals surface area contributed by atoms with Gasteiger partial charge in [0, 0.05) is 20.0 Å². The van der Waals surface area contributed by atoms with Gasteiger partial charge in [-0.3, -0.25) is 14.4 Å². The fourth-order valence-electron chi connectivity index (χ4n) is 2.69. The Labute approximate surface area is 174 Å². The maximum Gasteiger partial charge on any atom is 0.416 e. The van der Waals surface area contributed by atoms with E-state index >= 15 is 0 Å².